The smallest absolute Gasteiger partial charge is 0.251 e. The molecule has 6 heteroatoms. The minimum atomic E-state index is -0.0477. The Hall–Kier alpha value is -3.12. The third kappa shape index (κ3) is 5.73. The minimum absolute atomic E-state index is 0.0477. The summed E-state index contributed by atoms with van der Waals surface area (Å²) >= 11 is 0. The highest BCUT2D eigenvalue weighted by Crippen LogP contribution is 2.23. The van der Waals surface area contributed by atoms with Crippen LogP contribution in [0.4, 0.5) is 0 Å². The molecule has 1 N–H and O–H groups in total. The molecule has 0 aliphatic carbocycles. The van der Waals surface area contributed by atoms with Crippen molar-refractivity contribution in [2.45, 2.75) is 32.8 Å². The Labute approximate surface area is 183 Å². The molecule has 1 aliphatic rings. The van der Waals surface area contributed by atoms with Gasteiger partial charge in [0.1, 0.15) is 23.8 Å². The molecule has 0 spiro atoms. The van der Waals surface area contributed by atoms with E-state index < -0.39 is 0 Å². The van der Waals surface area contributed by atoms with Crippen molar-refractivity contribution in [1.29, 1.82) is 0 Å². The summed E-state index contributed by atoms with van der Waals surface area (Å²) in [5.74, 6) is 2.00. The van der Waals surface area contributed by atoms with Gasteiger partial charge in [0.2, 0.25) is 5.89 Å². The molecule has 31 heavy (non-hydrogen) atoms. The molecule has 0 atom stereocenters. The fourth-order valence-corrected chi connectivity index (χ4v) is 3.73. The Bertz CT molecular complexity index is 977. The predicted octanol–water partition coefficient (Wildman–Crippen LogP) is 4.44. The SMILES string of the molecule is Cc1oc(-c2ccc(C(=O)NCCCN3CCCC3)cc2)nc1COc1ccccc1. The van der Waals surface area contributed by atoms with E-state index in [0.29, 0.717) is 24.6 Å². The molecule has 4 rings (SSSR count). The molecule has 6 nitrogen and oxygen atoms in total. The second-order valence-corrected chi connectivity index (χ2v) is 7.86. The number of nitrogens with zero attached hydrogens (tertiary/aromatic N) is 2. The molecule has 0 radical (unpaired) electrons. The van der Waals surface area contributed by atoms with Gasteiger partial charge in [-0.05, 0) is 82.2 Å². The Morgan fingerprint density at radius 3 is 2.58 bits per heavy atom. The van der Waals surface area contributed by atoms with Gasteiger partial charge in [0.25, 0.3) is 5.91 Å². The van der Waals surface area contributed by atoms with E-state index in [-0.39, 0.29) is 5.91 Å². The van der Waals surface area contributed by atoms with E-state index in [1.165, 1.54) is 25.9 Å². The van der Waals surface area contributed by atoms with Gasteiger partial charge in [-0.15, -0.1) is 0 Å². The second kappa shape index (κ2) is 10.3. The van der Waals surface area contributed by atoms with Crippen LogP contribution in [-0.4, -0.2) is 42.0 Å². The lowest BCUT2D eigenvalue weighted by atomic mass is 10.1. The van der Waals surface area contributed by atoms with Crippen LogP contribution in [0, 0.1) is 6.92 Å². The first-order chi connectivity index (χ1) is 15.2. The number of benzene rings is 2. The fraction of sp³-hybridized carbons (Fsp3) is 0.360. The van der Waals surface area contributed by atoms with Crippen LogP contribution < -0.4 is 10.1 Å². The first-order valence-electron chi connectivity index (χ1n) is 10.9. The summed E-state index contributed by atoms with van der Waals surface area (Å²) in [6.07, 6.45) is 3.57. The van der Waals surface area contributed by atoms with Crippen molar-refractivity contribution in [2.24, 2.45) is 0 Å². The van der Waals surface area contributed by atoms with Crippen LogP contribution in [0.15, 0.2) is 59.0 Å². The summed E-state index contributed by atoms with van der Waals surface area (Å²) in [4.78, 5) is 19.4. The number of oxazole rings is 1. The van der Waals surface area contributed by atoms with Crippen molar-refractivity contribution in [3.05, 3.63) is 71.6 Å². The van der Waals surface area contributed by atoms with Crippen LogP contribution in [0.1, 0.15) is 41.1 Å². The number of hydrogen-bond acceptors (Lipinski definition) is 5. The van der Waals surface area contributed by atoms with Crippen LogP contribution in [0.3, 0.4) is 0 Å². The van der Waals surface area contributed by atoms with Gasteiger partial charge in [0, 0.05) is 17.7 Å². The van der Waals surface area contributed by atoms with E-state index >= 15 is 0 Å². The number of rotatable bonds is 9. The summed E-state index contributed by atoms with van der Waals surface area (Å²) in [6, 6.07) is 17.0. The van der Waals surface area contributed by atoms with Gasteiger partial charge in [-0.3, -0.25) is 4.79 Å². The van der Waals surface area contributed by atoms with Gasteiger partial charge in [0.05, 0.1) is 0 Å². The lowest BCUT2D eigenvalue weighted by Crippen LogP contribution is -2.28. The van der Waals surface area contributed by atoms with Crippen molar-refractivity contribution in [3.8, 4) is 17.2 Å². The molecule has 2 aromatic carbocycles. The number of carbonyl (C=O) groups is 1. The van der Waals surface area contributed by atoms with E-state index in [1.807, 2.05) is 61.5 Å². The molecule has 0 unspecified atom stereocenters. The predicted molar refractivity (Wildman–Crippen MR) is 120 cm³/mol. The van der Waals surface area contributed by atoms with E-state index in [4.69, 9.17) is 9.15 Å². The monoisotopic (exact) mass is 419 g/mol. The molecule has 1 fully saturated rings. The first-order valence-corrected chi connectivity index (χ1v) is 10.9. The Balaban J connectivity index is 1.29. The zero-order valence-corrected chi connectivity index (χ0v) is 18.0. The van der Waals surface area contributed by atoms with Crippen molar-refractivity contribution < 1.29 is 13.9 Å². The summed E-state index contributed by atoms with van der Waals surface area (Å²) in [6.45, 7) is 6.35. The molecule has 1 amide bonds. The number of amides is 1. The summed E-state index contributed by atoms with van der Waals surface area (Å²) < 4.78 is 11.6. The number of hydrogen-bond donors (Lipinski definition) is 1. The molecule has 162 valence electrons. The Morgan fingerprint density at radius 1 is 1.10 bits per heavy atom. The number of likely N-dealkylation sites (tertiary alicyclic amines) is 1. The zero-order chi connectivity index (χ0) is 21.5. The van der Waals surface area contributed by atoms with E-state index in [1.54, 1.807) is 0 Å². The molecule has 1 saturated heterocycles. The maximum Gasteiger partial charge on any atom is 0.251 e. The van der Waals surface area contributed by atoms with Crippen LogP contribution >= 0.6 is 0 Å². The van der Waals surface area contributed by atoms with Crippen molar-refractivity contribution >= 4 is 5.91 Å². The molecular weight excluding hydrogens is 390 g/mol. The highest BCUT2D eigenvalue weighted by molar-refractivity contribution is 5.94. The standard InChI is InChI=1S/C25H29N3O3/c1-19-23(18-30-22-8-3-2-4-9-22)27-25(31-19)21-12-10-20(11-13-21)24(29)26-14-7-17-28-15-5-6-16-28/h2-4,8-13H,5-7,14-18H2,1H3,(H,26,29). The van der Waals surface area contributed by atoms with Crippen LogP contribution in [0.5, 0.6) is 5.75 Å². The lowest BCUT2D eigenvalue weighted by Gasteiger charge is -2.14. The number of carbonyl (C=O) groups excluding carboxylic acids is 1. The van der Waals surface area contributed by atoms with Crippen molar-refractivity contribution in [2.75, 3.05) is 26.2 Å². The molecule has 0 saturated carbocycles. The molecule has 3 aromatic rings. The Morgan fingerprint density at radius 2 is 1.84 bits per heavy atom. The number of ether oxygens (including phenoxy) is 1. The third-order valence-electron chi connectivity index (χ3n) is 5.54. The summed E-state index contributed by atoms with van der Waals surface area (Å²) in [5, 5.41) is 3.01. The van der Waals surface area contributed by atoms with Gasteiger partial charge in [0.15, 0.2) is 0 Å². The van der Waals surface area contributed by atoms with Gasteiger partial charge in [-0.2, -0.15) is 0 Å². The average molecular weight is 420 g/mol. The highest BCUT2D eigenvalue weighted by Gasteiger charge is 2.14. The lowest BCUT2D eigenvalue weighted by molar-refractivity contribution is 0.0952. The van der Waals surface area contributed by atoms with Gasteiger partial charge in [-0.25, -0.2) is 4.98 Å². The number of nitrogens with one attached hydrogen (secondary N) is 1. The normalized spacial score (nSPS) is 14.0. The maximum absolute atomic E-state index is 12.4. The maximum atomic E-state index is 12.4. The molecule has 2 heterocycles. The first kappa shape index (κ1) is 21.1. The molecular formula is C25H29N3O3. The van der Waals surface area contributed by atoms with Gasteiger partial charge in [-0.1, -0.05) is 18.2 Å². The molecule has 0 bridgehead atoms. The van der Waals surface area contributed by atoms with Gasteiger partial charge < -0.3 is 19.4 Å². The number of aromatic nitrogens is 1. The van der Waals surface area contributed by atoms with Crippen molar-refractivity contribution in [1.82, 2.24) is 15.2 Å². The van der Waals surface area contributed by atoms with E-state index in [9.17, 15) is 4.79 Å². The Kier molecular flexibility index (Phi) is 6.99. The van der Waals surface area contributed by atoms with Crippen LogP contribution in [-0.2, 0) is 6.61 Å². The molecule has 1 aliphatic heterocycles. The van der Waals surface area contributed by atoms with E-state index in [2.05, 4.69) is 15.2 Å². The minimum Gasteiger partial charge on any atom is -0.487 e. The number of aryl methyl sites for hydroxylation is 1. The highest BCUT2D eigenvalue weighted by atomic mass is 16.5. The average Bonchev–Trinajstić information content (AvgIpc) is 3.46. The zero-order valence-electron chi connectivity index (χ0n) is 18.0. The fourth-order valence-electron chi connectivity index (χ4n) is 3.73. The molecule has 1 aromatic heterocycles. The topological polar surface area (TPSA) is 67.6 Å². The van der Waals surface area contributed by atoms with E-state index in [0.717, 1.165) is 35.7 Å². The summed E-state index contributed by atoms with van der Waals surface area (Å²) in [5.41, 5.74) is 2.24. The third-order valence-corrected chi connectivity index (χ3v) is 5.54. The largest absolute Gasteiger partial charge is 0.487 e. The van der Waals surface area contributed by atoms with Gasteiger partial charge >= 0.3 is 0 Å². The summed E-state index contributed by atoms with van der Waals surface area (Å²) in [7, 11) is 0. The quantitative estimate of drug-likeness (QED) is 0.519. The number of para-hydroxylation sites is 1. The van der Waals surface area contributed by atoms with Crippen molar-refractivity contribution in [3.63, 3.8) is 0 Å². The van der Waals surface area contributed by atoms with Crippen LogP contribution in [0.2, 0.25) is 0 Å². The van der Waals surface area contributed by atoms with Crippen LogP contribution in [0.25, 0.3) is 11.5 Å². The second-order valence-electron chi connectivity index (χ2n) is 7.86.